The van der Waals surface area contributed by atoms with Crippen LogP contribution in [0.1, 0.15) is 0 Å². The van der Waals surface area contributed by atoms with Gasteiger partial charge in [0.15, 0.2) is 0 Å². The Morgan fingerprint density at radius 2 is 0.347 bits per heavy atom. The van der Waals surface area contributed by atoms with Crippen LogP contribution in [-0.4, -0.2) is 0 Å². The molecule has 0 aliphatic carbocycles. The number of anilines is 12. The monoisotopic (exact) mass is 930 g/mol. The molecule has 6 heteroatoms. The lowest BCUT2D eigenvalue weighted by molar-refractivity contribution is 0.482. The molecule has 0 aliphatic heterocycles. The summed E-state index contributed by atoms with van der Waals surface area (Å²) in [6.45, 7) is 0. The number of rotatable bonds is 16. The van der Waals surface area contributed by atoms with Gasteiger partial charge in [0.1, 0.15) is 23.0 Å². The van der Waals surface area contributed by atoms with E-state index in [2.05, 4.69) is 238 Å². The van der Waals surface area contributed by atoms with Crippen molar-refractivity contribution in [3.05, 3.63) is 303 Å². The second kappa shape index (κ2) is 21.2. The average molecular weight is 931 g/mol. The van der Waals surface area contributed by atoms with Crippen LogP contribution < -0.4 is 29.1 Å². The summed E-state index contributed by atoms with van der Waals surface area (Å²) in [5.41, 5.74) is 11.6. The fourth-order valence-electron chi connectivity index (χ4n) is 9.04. The molecule has 0 spiro atoms. The molecule has 11 aromatic carbocycles. The third-order valence-corrected chi connectivity index (χ3v) is 12.2. The Bertz CT molecular complexity index is 3150. The number of ether oxygens (including phenoxy) is 2. The lowest BCUT2D eigenvalue weighted by Gasteiger charge is -2.32. The largest absolute Gasteiger partial charge is 0.457 e. The lowest BCUT2D eigenvalue weighted by atomic mass is 10.1. The van der Waals surface area contributed by atoms with Gasteiger partial charge in [-0.1, -0.05) is 152 Å². The molecule has 346 valence electrons. The van der Waals surface area contributed by atoms with Crippen LogP contribution in [0.4, 0.5) is 68.2 Å². The molecule has 0 saturated carbocycles. The quantitative estimate of drug-likeness (QED) is 0.0960. The molecule has 11 rings (SSSR count). The van der Waals surface area contributed by atoms with E-state index < -0.39 is 0 Å². The third kappa shape index (κ3) is 10.2. The van der Waals surface area contributed by atoms with E-state index in [0.29, 0.717) is 11.5 Å². The van der Waals surface area contributed by atoms with E-state index in [-0.39, 0.29) is 0 Å². The van der Waals surface area contributed by atoms with E-state index in [4.69, 9.17) is 9.47 Å². The Hall–Kier alpha value is -9.78. The molecule has 0 amide bonds. The number of hydrogen-bond acceptors (Lipinski definition) is 6. The second-order valence-corrected chi connectivity index (χ2v) is 17.1. The Balaban J connectivity index is 1.10. The molecule has 0 saturated heterocycles. The zero-order valence-electron chi connectivity index (χ0n) is 39.5. The molecule has 0 atom stereocenters. The Labute approximate surface area is 421 Å². The zero-order valence-corrected chi connectivity index (χ0v) is 39.5. The normalized spacial score (nSPS) is 10.8. The minimum Gasteiger partial charge on any atom is -0.457 e. The second-order valence-electron chi connectivity index (χ2n) is 17.1. The topological polar surface area (TPSA) is 31.4 Å². The van der Waals surface area contributed by atoms with Crippen molar-refractivity contribution in [2.75, 3.05) is 19.6 Å². The summed E-state index contributed by atoms with van der Waals surface area (Å²) in [6.07, 6.45) is 0. The van der Waals surface area contributed by atoms with E-state index in [0.717, 1.165) is 79.7 Å². The van der Waals surface area contributed by atoms with Gasteiger partial charge in [0.05, 0.1) is 22.7 Å². The van der Waals surface area contributed by atoms with Gasteiger partial charge in [0.25, 0.3) is 0 Å². The van der Waals surface area contributed by atoms with Gasteiger partial charge in [0, 0.05) is 69.8 Å². The minimum absolute atomic E-state index is 0.692. The van der Waals surface area contributed by atoms with Crippen molar-refractivity contribution in [2.24, 2.45) is 0 Å². The van der Waals surface area contributed by atoms with Crippen molar-refractivity contribution in [1.29, 1.82) is 0 Å². The number of nitrogens with zero attached hydrogens (tertiary/aromatic N) is 4. The van der Waals surface area contributed by atoms with E-state index in [1.165, 1.54) is 0 Å². The van der Waals surface area contributed by atoms with Crippen LogP contribution in [0.15, 0.2) is 303 Å². The molecule has 0 unspecified atom stereocenters. The van der Waals surface area contributed by atoms with Crippen molar-refractivity contribution < 1.29 is 9.47 Å². The highest BCUT2D eigenvalue weighted by molar-refractivity contribution is 5.88. The van der Waals surface area contributed by atoms with E-state index >= 15 is 0 Å². The molecule has 0 N–H and O–H groups in total. The maximum atomic E-state index is 6.75. The first-order chi connectivity index (χ1) is 35.7. The van der Waals surface area contributed by atoms with Crippen molar-refractivity contribution in [3.63, 3.8) is 0 Å². The molecular formula is C66H50N4O2. The predicted octanol–water partition coefficient (Wildman–Crippen LogP) is 19.2. The maximum absolute atomic E-state index is 6.75. The van der Waals surface area contributed by atoms with Crippen LogP contribution in [-0.2, 0) is 0 Å². The van der Waals surface area contributed by atoms with Crippen molar-refractivity contribution >= 4 is 68.2 Å². The van der Waals surface area contributed by atoms with Crippen LogP contribution in [0.2, 0.25) is 0 Å². The third-order valence-electron chi connectivity index (χ3n) is 12.2. The van der Waals surface area contributed by atoms with Crippen molar-refractivity contribution in [1.82, 2.24) is 0 Å². The summed E-state index contributed by atoms with van der Waals surface area (Å²) < 4.78 is 13.5. The van der Waals surface area contributed by atoms with Gasteiger partial charge in [-0.15, -0.1) is 0 Å². The Kier molecular flexibility index (Phi) is 13.2. The number of para-hydroxylation sites is 8. The first kappa shape index (κ1) is 44.7. The van der Waals surface area contributed by atoms with Gasteiger partial charge >= 0.3 is 0 Å². The first-order valence-electron chi connectivity index (χ1n) is 24.1. The number of benzene rings is 11. The molecule has 0 bridgehead atoms. The molecule has 0 heterocycles. The first-order valence-corrected chi connectivity index (χ1v) is 24.1. The highest BCUT2D eigenvalue weighted by Gasteiger charge is 2.23. The molecule has 0 fully saturated rings. The fourth-order valence-corrected chi connectivity index (χ4v) is 9.04. The summed E-state index contributed by atoms with van der Waals surface area (Å²) in [5.74, 6) is 2.87. The summed E-state index contributed by atoms with van der Waals surface area (Å²) >= 11 is 0. The number of hydrogen-bond donors (Lipinski definition) is 0. The molecule has 0 radical (unpaired) electrons. The van der Waals surface area contributed by atoms with Crippen LogP contribution in [0.25, 0.3) is 0 Å². The Morgan fingerprint density at radius 3 is 0.597 bits per heavy atom. The summed E-state index contributed by atoms with van der Waals surface area (Å²) in [4.78, 5) is 9.15. The molecule has 0 aliphatic rings. The van der Waals surface area contributed by atoms with E-state index in [1.807, 2.05) is 84.9 Å². The fraction of sp³-hybridized carbons (Fsp3) is 0. The molecule has 11 aromatic rings. The standard InChI is InChI=1S/C66H50N4O2/c1-9-26-51(27-10-1)67(52-28-11-2-12-29-52)59-45-61(49-65(47-59)71-63-40-21-7-22-41-63)69(55-34-17-5-18-35-55)57-38-25-39-58(44-57)70(56-36-19-6-20-37-56)62-46-60(48-66(50-62)72-64-42-23-8-24-43-64)68(53-30-13-3-14-31-53)54-32-15-4-16-33-54/h1-50H. The van der Waals surface area contributed by atoms with Gasteiger partial charge in [-0.25, -0.2) is 0 Å². The summed E-state index contributed by atoms with van der Waals surface area (Å²) in [5, 5.41) is 0. The van der Waals surface area contributed by atoms with Crippen molar-refractivity contribution in [3.8, 4) is 23.0 Å². The molecular weight excluding hydrogens is 881 g/mol. The lowest BCUT2D eigenvalue weighted by Crippen LogP contribution is -2.15. The molecule has 6 nitrogen and oxygen atoms in total. The van der Waals surface area contributed by atoms with Crippen molar-refractivity contribution in [2.45, 2.75) is 0 Å². The molecule has 72 heavy (non-hydrogen) atoms. The van der Waals surface area contributed by atoms with Crippen LogP contribution in [0, 0.1) is 0 Å². The van der Waals surface area contributed by atoms with Crippen LogP contribution >= 0.6 is 0 Å². The van der Waals surface area contributed by atoms with Gasteiger partial charge in [0.2, 0.25) is 0 Å². The molecule has 0 aromatic heterocycles. The maximum Gasteiger partial charge on any atom is 0.131 e. The highest BCUT2D eigenvalue weighted by Crippen LogP contribution is 2.47. The van der Waals surface area contributed by atoms with Gasteiger partial charge in [-0.3, -0.25) is 0 Å². The average Bonchev–Trinajstić information content (AvgIpc) is 3.44. The zero-order chi connectivity index (χ0) is 48.3. The van der Waals surface area contributed by atoms with E-state index in [9.17, 15) is 0 Å². The van der Waals surface area contributed by atoms with Crippen LogP contribution in [0.5, 0.6) is 23.0 Å². The SMILES string of the molecule is c1ccc(Oc2cc(N(c3ccccc3)c3ccccc3)cc(N(c3ccccc3)c3cccc(N(c4ccccc4)c4cc(Oc5ccccc5)cc(N(c5ccccc5)c5ccccc5)c4)c3)c2)cc1. The van der Waals surface area contributed by atoms with Gasteiger partial charge < -0.3 is 29.1 Å². The van der Waals surface area contributed by atoms with E-state index in [1.54, 1.807) is 0 Å². The van der Waals surface area contributed by atoms with Gasteiger partial charge in [-0.05, 0) is 127 Å². The minimum atomic E-state index is 0.692. The summed E-state index contributed by atoms with van der Waals surface area (Å²) in [7, 11) is 0. The Morgan fingerprint density at radius 1 is 0.153 bits per heavy atom. The van der Waals surface area contributed by atoms with Gasteiger partial charge in [-0.2, -0.15) is 0 Å². The predicted molar refractivity (Wildman–Crippen MR) is 298 cm³/mol. The highest BCUT2D eigenvalue weighted by atomic mass is 16.5. The van der Waals surface area contributed by atoms with Crippen LogP contribution in [0.3, 0.4) is 0 Å². The summed E-state index contributed by atoms with van der Waals surface area (Å²) in [6, 6.07) is 105. The smallest absolute Gasteiger partial charge is 0.131 e.